The predicted molar refractivity (Wildman–Crippen MR) is 77.7 cm³/mol. The van der Waals surface area contributed by atoms with Crippen LogP contribution in [-0.2, 0) is 4.79 Å². The third-order valence-corrected chi connectivity index (χ3v) is 3.31. The second-order valence-corrected chi connectivity index (χ2v) is 4.65. The minimum atomic E-state index is -0.401. The van der Waals surface area contributed by atoms with Crippen LogP contribution in [-0.4, -0.2) is 16.6 Å². The summed E-state index contributed by atoms with van der Waals surface area (Å²) in [7, 11) is 0. The van der Waals surface area contributed by atoms with Gasteiger partial charge in [-0.1, -0.05) is 43.3 Å². The van der Waals surface area contributed by atoms with Crippen LogP contribution in [0.1, 0.15) is 41.6 Å². The van der Waals surface area contributed by atoms with E-state index in [-0.39, 0.29) is 18.0 Å². The molecule has 1 unspecified atom stereocenters. The lowest BCUT2D eigenvalue weighted by Crippen LogP contribution is -2.16. The van der Waals surface area contributed by atoms with Crippen molar-refractivity contribution < 1.29 is 9.59 Å². The molecule has 0 aliphatic carbocycles. The third kappa shape index (κ3) is 3.38. The summed E-state index contributed by atoms with van der Waals surface area (Å²) in [6.07, 6.45) is 3.94. The Kier molecular flexibility index (Phi) is 4.77. The van der Waals surface area contributed by atoms with Gasteiger partial charge in [-0.3, -0.25) is 14.6 Å². The predicted octanol–water partition coefficient (Wildman–Crippen LogP) is 3.42. The number of aromatic nitrogens is 1. The van der Waals surface area contributed by atoms with Crippen molar-refractivity contribution in [3.8, 4) is 0 Å². The van der Waals surface area contributed by atoms with Crippen molar-refractivity contribution in [3.05, 3.63) is 66.0 Å². The van der Waals surface area contributed by atoms with Crippen molar-refractivity contribution >= 4 is 11.6 Å². The molecular formula is C17H17NO2. The average molecular weight is 267 g/mol. The number of rotatable bonds is 6. The Bertz CT molecular complexity index is 578. The third-order valence-electron chi connectivity index (χ3n) is 3.31. The largest absolute Gasteiger partial charge is 0.299 e. The maximum Gasteiger partial charge on any atom is 0.163 e. The molecule has 1 aromatic heterocycles. The first-order valence-electron chi connectivity index (χ1n) is 6.73. The molecular weight excluding hydrogens is 250 g/mol. The molecule has 3 heteroatoms. The number of hydrogen-bond acceptors (Lipinski definition) is 3. The van der Waals surface area contributed by atoms with Gasteiger partial charge in [-0.25, -0.2) is 0 Å². The molecule has 0 saturated heterocycles. The fourth-order valence-electron chi connectivity index (χ4n) is 2.17. The highest BCUT2D eigenvalue weighted by Gasteiger charge is 2.23. The van der Waals surface area contributed by atoms with E-state index in [4.69, 9.17) is 0 Å². The highest BCUT2D eigenvalue weighted by Crippen LogP contribution is 2.23. The van der Waals surface area contributed by atoms with E-state index in [0.717, 1.165) is 5.56 Å². The maximum atomic E-state index is 12.3. The van der Waals surface area contributed by atoms with Crippen molar-refractivity contribution in [3.63, 3.8) is 0 Å². The van der Waals surface area contributed by atoms with E-state index in [1.54, 1.807) is 30.6 Å². The quantitative estimate of drug-likeness (QED) is 0.753. The van der Waals surface area contributed by atoms with Crippen LogP contribution in [0.3, 0.4) is 0 Å². The zero-order chi connectivity index (χ0) is 14.4. The van der Waals surface area contributed by atoms with Crippen molar-refractivity contribution in [2.75, 3.05) is 0 Å². The lowest BCUT2D eigenvalue weighted by atomic mass is 9.88. The van der Waals surface area contributed by atoms with Crippen molar-refractivity contribution in [1.29, 1.82) is 0 Å². The number of nitrogens with zero attached hydrogens (tertiary/aromatic N) is 1. The summed E-state index contributed by atoms with van der Waals surface area (Å²) in [6.45, 7) is 1.82. The molecule has 0 radical (unpaired) electrons. The van der Waals surface area contributed by atoms with Gasteiger partial charge in [-0.15, -0.1) is 0 Å². The number of carbonyl (C=O) groups is 2. The minimum Gasteiger partial charge on any atom is -0.299 e. The number of pyridine rings is 1. The second kappa shape index (κ2) is 6.75. The lowest BCUT2D eigenvalue weighted by Gasteiger charge is -2.14. The monoisotopic (exact) mass is 267 g/mol. The van der Waals surface area contributed by atoms with Crippen LogP contribution in [0.4, 0.5) is 0 Å². The highest BCUT2D eigenvalue weighted by molar-refractivity contribution is 6.00. The minimum absolute atomic E-state index is 0.0127. The molecule has 0 amide bonds. The molecule has 0 aliphatic heterocycles. The number of Topliss-reactive ketones (excluding diaryl/α,β-unsaturated/α-hetero) is 2. The molecule has 0 N–H and O–H groups in total. The van der Waals surface area contributed by atoms with Crippen LogP contribution in [0.25, 0.3) is 0 Å². The summed E-state index contributed by atoms with van der Waals surface area (Å²) < 4.78 is 0. The zero-order valence-corrected chi connectivity index (χ0v) is 11.5. The SMILES string of the molecule is CCC(=O)C(CC(=O)c1ccccc1)c1cccnc1. The zero-order valence-electron chi connectivity index (χ0n) is 11.5. The summed E-state index contributed by atoms with van der Waals surface area (Å²) in [4.78, 5) is 28.4. The summed E-state index contributed by atoms with van der Waals surface area (Å²) in [5.41, 5.74) is 1.45. The molecule has 0 bridgehead atoms. The van der Waals surface area contributed by atoms with Gasteiger partial charge in [-0.2, -0.15) is 0 Å². The van der Waals surface area contributed by atoms with E-state index in [9.17, 15) is 9.59 Å². The number of hydrogen-bond donors (Lipinski definition) is 0. The molecule has 2 aromatic rings. The van der Waals surface area contributed by atoms with Gasteiger partial charge >= 0.3 is 0 Å². The van der Waals surface area contributed by atoms with Crippen LogP contribution in [0.15, 0.2) is 54.9 Å². The van der Waals surface area contributed by atoms with Gasteiger partial charge in [0.15, 0.2) is 5.78 Å². The lowest BCUT2D eigenvalue weighted by molar-refractivity contribution is -0.120. The molecule has 0 spiro atoms. The van der Waals surface area contributed by atoms with Gasteiger partial charge in [0, 0.05) is 30.8 Å². The number of benzene rings is 1. The van der Waals surface area contributed by atoms with E-state index >= 15 is 0 Å². The van der Waals surface area contributed by atoms with E-state index in [0.29, 0.717) is 12.0 Å². The number of carbonyl (C=O) groups excluding carboxylic acids is 2. The topological polar surface area (TPSA) is 47.0 Å². The smallest absolute Gasteiger partial charge is 0.163 e. The van der Waals surface area contributed by atoms with E-state index < -0.39 is 5.92 Å². The van der Waals surface area contributed by atoms with Gasteiger partial charge in [0.25, 0.3) is 0 Å². The van der Waals surface area contributed by atoms with Gasteiger partial charge in [0.2, 0.25) is 0 Å². The summed E-state index contributed by atoms with van der Waals surface area (Å²) in [5, 5.41) is 0. The molecule has 0 saturated carbocycles. The van der Waals surface area contributed by atoms with Crippen LogP contribution in [0.5, 0.6) is 0 Å². The molecule has 1 aromatic carbocycles. The Morgan fingerprint density at radius 3 is 2.45 bits per heavy atom. The normalized spacial score (nSPS) is 11.8. The second-order valence-electron chi connectivity index (χ2n) is 4.65. The summed E-state index contributed by atoms with van der Waals surface area (Å²) in [5.74, 6) is -0.343. The van der Waals surface area contributed by atoms with Gasteiger partial charge in [0.1, 0.15) is 5.78 Å². The fraction of sp³-hybridized carbons (Fsp3) is 0.235. The summed E-state index contributed by atoms with van der Waals surface area (Å²) >= 11 is 0. The Labute approximate surface area is 118 Å². The fourth-order valence-corrected chi connectivity index (χ4v) is 2.17. The molecule has 2 rings (SSSR count). The molecule has 0 fully saturated rings. The van der Waals surface area contributed by atoms with Crippen LogP contribution >= 0.6 is 0 Å². The standard InChI is InChI=1S/C17H17NO2/c1-2-16(19)15(14-9-6-10-18-12-14)11-17(20)13-7-4-3-5-8-13/h3-10,12,15H,2,11H2,1H3. The average Bonchev–Trinajstić information content (AvgIpc) is 2.53. The van der Waals surface area contributed by atoms with Gasteiger partial charge < -0.3 is 0 Å². The molecule has 1 atom stereocenters. The first-order valence-corrected chi connectivity index (χ1v) is 6.73. The van der Waals surface area contributed by atoms with Crippen molar-refractivity contribution in [2.45, 2.75) is 25.7 Å². The maximum absolute atomic E-state index is 12.3. The molecule has 0 aliphatic rings. The van der Waals surface area contributed by atoms with Crippen molar-refractivity contribution in [2.24, 2.45) is 0 Å². The molecule has 1 heterocycles. The Hall–Kier alpha value is -2.29. The molecule has 3 nitrogen and oxygen atoms in total. The molecule has 20 heavy (non-hydrogen) atoms. The van der Waals surface area contributed by atoms with Crippen LogP contribution in [0, 0.1) is 0 Å². The first-order chi connectivity index (χ1) is 9.72. The van der Waals surface area contributed by atoms with E-state index in [1.807, 2.05) is 31.2 Å². The van der Waals surface area contributed by atoms with Gasteiger partial charge in [0.05, 0.1) is 5.92 Å². The summed E-state index contributed by atoms with van der Waals surface area (Å²) in [6, 6.07) is 12.7. The highest BCUT2D eigenvalue weighted by atomic mass is 16.1. The van der Waals surface area contributed by atoms with E-state index in [1.165, 1.54) is 0 Å². The Balaban J connectivity index is 2.21. The number of ketones is 2. The first kappa shape index (κ1) is 14.1. The Morgan fingerprint density at radius 1 is 1.10 bits per heavy atom. The van der Waals surface area contributed by atoms with Crippen LogP contribution in [0.2, 0.25) is 0 Å². The van der Waals surface area contributed by atoms with Gasteiger partial charge in [-0.05, 0) is 11.6 Å². The van der Waals surface area contributed by atoms with Crippen molar-refractivity contribution in [1.82, 2.24) is 4.98 Å². The Morgan fingerprint density at radius 2 is 1.85 bits per heavy atom. The van der Waals surface area contributed by atoms with Crippen LogP contribution < -0.4 is 0 Å². The van der Waals surface area contributed by atoms with E-state index in [2.05, 4.69) is 4.98 Å². The molecule has 102 valence electrons.